The maximum Gasteiger partial charge on any atom is 0.152 e. The number of aldehydes is 1. The van der Waals surface area contributed by atoms with E-state index in [0.29, 0.717) is 16.6 Å². The summed E-state index contributed by atoms with van der Waals surface area (Å²) >= 11 is 0. The van der Waals surface area contributed by atoms with E-state index in [1.165, 1.54) is 12.3 Å². The Morgan fingerprint density at radius 3 is 3.17 bits per heavy atom. The van der Waals surface area contributed by atoms with Crippen LogP contribution in [0, 0.1) is 0 Å². The van der Waals surface area contributed by atoms with E-state index >= 15 is 0 Å². The SMILES string of the molecule is O=Cc1c[nH]c2ncc(O)cc12. The summed E-state index contributed by atoms with van der Waals surface area (Å²) in [5, 5.41) is 9.72. The Labute approximate surface area is 67.9 Å². The van der Waals surface area contributed by atoms with Gasteiger partial charge in [0, 0.05) is 17.1 Å². The number of pyridine rings is 1. The quantitative estimate of drug-likeness (QED) is 0.616. The average Bonchev–Trinajstić information content (AvgIpc) is 2.46. The highest BCUT2D eigenvalue weighted by Crippen LogP contribution is 2.18. The fourth-order valence-electron chi connectivity index (χ4n) is 1.11. The van der Waals surface area contributed by atoms with E-state index in [1.54, 1.807) is 6.20 Å². The molecule has 0 radical (unpaired) electrons. The molecule has 0 aromatic carbocycles. The lowest BCUT2D eigenvalue weighted by Gasteiger charge is -1.90. The number of carbonyl (C=O) groups is 1. The van der Waals surface area contributed by atoms with Crippen LogP contribution < -0.4 is 0 Å². The van der Waals surface area contributed by atoms with Crippen LogP contribution in [0.25, 0.3) is 11.0 Å². The molecule has 2 aromatic rings. The molecule has 2 N–H and O–H groups in total. The second-order valence-corrected chi connectivity index (χ2v) is 2.45. The lowest BCUT2D eigenvalue weighted by atomic mass is 10.2. The molecule has 4 heteroatoms. The van der Waals surface area contributed by atoms with E-state index in [9.17, 15) is 4.79 Å². The number of aromatic amines is 1. The van der Waals surface area contributed by atoms with Crippen molar-refractivity contribution in [2.75, 3.05) is 0 Å². The topological polar surface area (TPSA) is 66.0 Å². The Hall–Kier alpha value is -1.84. The summed E-state index contributed by atoms with van der Waals surface area (Å²) in [6.07, 6.45) is 3.61. The molecule has 0 amide bonds. The lowest BCUT2D eigenvalue weighted by Crippen LogP contribution is -1.77. The van der Waals surface area contributed by atoms with E-state index in [2.05, 4.69) is 9.97 Å². The van der Waals surface area contributed by atoms with Crippen LogP contribution in [-0.4, -0.2) is 21.4 Å². The predicted octanol–water partition coefficient (Wildman–Crippen LogP) is 1.08. The third-order valence-corrected chi connectivity index (χ3v) is 1.68. The molecule has 0 atom stereocenters. The second-order valence-electron chi connectivity index (χ2n) is 2.45. The van der Waals surface area contributed by atoms with Gasteiger partial charge in [0.25, 0.3) is 0 Å². The summed E-state index contributed by atoms with van der Waals surface area (Å²) in [5.74, 6) is 0.0604. The molecule has 2 heterocycles. The monoisotopic (exact) mass is 162 g/mol. The molecular weight excluding hydrogens is 156 g/mol. The van der Waals surface area contributed by atoms with Gasteiger partial charge in [0.2, 0.25) is 0 Å². The van der Waals surface area contributed by atoms with Crippen LogP contribution >= 0.6 is 0 Å². The fourth-order valence-corrected chi connectivity index (χ4v) is 1.11. The molecule has 0 aliphatic heterocycles. The second kappa shape index (κ2) is 2.34. The van der Waals surface area contributed by atoms with Crippen molar-refractivity contribution in [2.24, 2.45) is 0 Å². The molecule has 0 spiro atoms. The van der Waals surface area contributed by atoms with Gasteiger partial charge in [0.05, 0.1) is 6.20 Å². The van der Waals surface area contributed by atoms with Gasteiger partial charge in [-0.05, 0) is 6.07 Å². The summed E-state index contributed by atoms with van der Waals surface area (Å²) in [6.45, 7) is 0. The van der Waals surface area contributed by atoms with Gasteiger partial charge >= 0.3 is 0 Å². The highest BCUT2D eigenvalue weighted by atomic mass is 16.3. The van der Waals surface area contributed by atoms with Gasteiger partial charge < -0.3 is 10.1 Å². The minimum absolute atomic E-state index is 0.0604. The standard InChI is InChI=1S/C8H6N2O2/c11-4-5-2-9-8-7(5)1-6(12)3-10-8/h1-4,12H,(H,9,10). The summed E-state index contributed by atoms with van der Waals surface area (Å²) in [6, 6.07) is 1.50. The molecule has 12 heavy (non-hydrogen) atoms. The Morgan fingerprint density at radius 2 is 2.42 bits per heavy atom. The van der Waals surface area contributed by atoms with E-state index in [-0.39, 0.29) is 5.75 Å². The molecule has 0 saturated heterocycles. The molecule has 0 aliphatic carbocycles. The zero-order chi connectivity index (χ0) is 8.55. The van der Waals surface area contributed by atoms with Crippen molar-refractivity contribution in [2.45, 2.75) is 0 Å². The number of aromatic hydroxyl groups is 1. The van der Waals surface area contributed by atoms with Gasteiger partial charge in [-0.1, -0.05) is 0 Å². The number of fused-ring (bicyclic) bond motifs is 1. The van der Waals surface area contributed by atoms with Crippen molar-refractivity contribution in [1.82, 2.24) is 9.97 Å². The molecule has 0 unspecified atom stereocenters. The molecule has 0 bridgehead atoms. The summed E-state index contributed by atoms with van der Waals surface area (Å²) in [7, 11) is 0. The van der Waals surface area contributed by atoms with Crippen molar-refractivity contribution in [1.29, 1.82) is 0 Å². The first-order valence-electron chi connectivity index (χ1n) is 3.42. The van der Waals surface area contributed by atoms with Crippen LogP contribution in [0.3, 0.4) is 0 Å². The van der Waals surface area contributed by atoms with Gasteiger partial charge in [-0.3, -0.25) is 4.79 Å². The van der Waals surface area contributed by atoms with Crippen LogP contribution in [0.2, 0.25) is 0 Å². The van der Waals surface area contributed by atoms with Crippen molar-refractivity contribution >= 4 is 17.3 Å². The maximum absolute atomic E-state index is 10.5. The number of carbonyl (C=O) groups excluding carboxylic acids is 1. The minimum atomic E-state index is 0.0604. The van der Waals surface area contributed by atoms with Gasteiger partial charge in [-0.2, -0.15) is 0 Å². The van der Waals surface area contributed by atoms with E-state index < -0.39 is 0 Å². The van der Waals surface area contributed by atoms with E-state index in [0.717, 1.165) is 6.29 Å². The first-order valence-corrected chi connectivity index (χ1v) is 3.42. The zero-order valence-corrected chi connectivity index (χ0v) is 6.11. The summed E-state index contributed by atoms with van der Waals surface area (Å²) < 4.78 is 0. The van der Waals surface area contributed by atoms with Gasteiger partial charge in [-0.25, -0.2) is 4.98 Å². The molecule has 2 rings (SSSR count). The Morgan fingerprint density at radius 1 is 1.58 bits per heavy atom. The third kappa shape index (κ3) is 0.852. The Balaban J connectivity index is 2.83. The highest BCUT2D eigenvalue weighted by Gasteiger charge is 2.03. The van der Waals surface area contributed by atoms with Crippen LogP contribution in [0.15, 0.2) is 18.5 Å². The van der Waals surface area contributed by atoms with Gasteiger partial charge in [0.15, 0.2) is 6.29 Å². The van der Waals surface area contributed by atoms with Crippen LogP contribution in [-0.2, 0) is 0 Å². The molecule has 60 valence electrons. The minimum Gasteiger partial charge on any atom is -0.506 e. The van der Waals surface area contributed by atoms with E-state index in [4.69, 9.17) is 5.11 Å². The lowest BCUT2D eigenvalue weighted by molar-refractivity contribution is 0.112. The molecule has 0 saturated carbocycles. The number of nitrogens with one attached hydrogen (secondary N) is 1. The average molecular weight is 162 g/mol. The smallest absolute Gasteiger partial charge is 0.152 e. The number of aromatic nitrogens is 2. The summed E-state index contributed by atoms with van der Waals surface area (Å²) in [5.41, 5.74) is 1.11. The highest BCUT2D eigenvalue weighted by molar-refractivity contribution is 5.95. The van der Waals surface area contributed by atoms with Crippen molar-refractivity contribution < 1.29 is 9.90 Å². The largest absolute Gasteiger partial charge is 0.506 e. The number of rotatable bonds is 1. The van der Waals surface area contributed by atoms with Crippen LogP contribution in [0.4, 0.5) is 0 Å². The zero-order valence-electron chi connectivity index (χ0n) is 6.11. The maximum atomic E-state index is 10.5. The Kier molecular flexibility index (Phi) is 1.33. The molecule has 2 aromatic heterocycles. The first kappa shape index (κ1) is 6.84. The van der Waals surface area contributed by atoms with Crippen molar-refractivity contribution in [3.05, 3.63) is 24.0 Å². The van der Waals surface area contributed by atoms with Crippen LogP contribution in [0.1, 0.15) is 10.4 Å². The van der Waals surface area contributed by atoms with Crippen molar-refractivity contribution in [3.63, 3.8) is 0 Å². The number of nitrogens with zero attached hydrogens (tertiary/aromatic N) is 1. The fraction of sp³-hybridized carbons (Fsp3) is 0. The van der Waals surface area contributed by atoms with E-state index in [1.807, 2.05) is 0 Å². The molecular formula is C8H6N2O2. The van der Waals surface area contributed by atoms with Gasteiger partial charge in [0.1, 0.15) is 11.4 Å². The Bertz CT molecular complexity index is 434. The molecule has 0 aliphatic rings. The van der Waals surface area contributed by atoms with Gasteiger partial charge in [-0.15, -0.1) is 0 Å². The van der Waals surface area contributed by atoms with Crippen LogP contribution in [0.5, 0.6) is 5.75 Å². The normalized spacial score (nSPS) is 10.3. The van der Waals surface area contributed by atoms with Crippen molar-refractivity contribution in [3.8, 4) is 5.75 Å². The number of hydrogen-bond donors (Lipinski definition) is 2. The molecule has 0 fully saturated rings. The predicted molar refractivity (Wildman–Crippen MR) is 43.1 cm³/mol. The first-order chi connectivity index (χ1) is 5.81. The number of hydrogen-bond acceptors (Lipinski definition) is 3. The third-order valence-electron chi connectivity index (χ3n) is 1.68. The molecule has 4 nitrogen and oxygen atoms in total. The summed E-state index contributed by atoms with van der Waals surface area (Å²) in [4.78, 5) is 17.2. The number of H-pyrrole nitrogens is 1.